The van der Waals surface area contributed by atoms with E-state index in [2.05, 4.69) is 22.1 Å². The van der Waals surface area contributed by atoms with Crippen molar-refractivity contribution in [3.05, 3.63) is 33.8 Å². The second-order valence-corrected chi connectivity index (χ2v) is 6.47. The van der Waals surface area contributed by atoms with Crippen LogP contribution in [0.5, 0.6) is 0 Å². The van der Waals surface area contributed by atoms with E-state index >= 15 is 0 Å². The lowest BCUT2D eigenvalue weighted by atomic mass is 10.2. The van der Waals surface area contributed by atoms with E-state index in [9.17, 15) is 0 Å². The third-order valence-electron chi connectivity index (χ3n) is 3.49. The number of aliphatic imine (C=N–C) groups is 1. The summed E-state index contributed by atoms with van der Waals surface area (Å²) in [5.74, 6) is 0.883. The molecular weight excluding hydrogens is 361 g/mol. The monoisotopic (exact) mass is 389 g/mol. The van der Waals surface area contributed by atoms with Gasteiger partial charge in [-0.1, -0.05) is 29.3 Å². The fraction of sp³-hybridized carbons (Fsp3) is 0.611. The van der Waals surface area contributed by atoms with Crippen LogP contribution >= 0.6 is 23.2 Å². The second kappa shape index (κ2) is 13.2. The van der Waals surface area contributed by atoms with Gasteiger partial charge in [0, 0.05) is 40.4 Å². The molecule has 0 radical (unpaired) electrons. The highest BCUT2D eigenvalue weighted by atomic mass is 35.5. The molecule has 1 aromatic rings. The second-order valence-electron chi connectivity index (χ2n) is 5.65. The minimum atomic E-state index is 0.571. The Morgan fingerprint density at radius 3 is 2.64 bits per heavy atom. The predicted molar refractivity (Wildman–Crippen MR) is 106 cm³/mol. The van der Waals surface area contributed by atoms with E-state index < -0.39 is 0 Å². The summed E-state index contributed by atoms with van der Waals surface area (Å²) < 4.78 is 10.4. The number of halogens is 2. The third-order valence-corrected chi connectivity index (χ3v) is 4.23. The normalized spacial score (nSPS) is 11.6. The highest BCUT2D eigenvalue weighted by Gasteiger charge is 2.07. The van der Waals surface area contributed by atoms with Gasteiger partial charge in [0.05, 0.1) is 23.3 Å². The fourth-order valence-electron chi connectivity index (χ4n) is 2.20. The van der Waals surface area contributed by atoms with Crippen molar-refractivity contribution >= 4 is 29.2 Å². The molecular formula is C18H29Cl2N3O2. The molecule has 0 saturated carbocycles. The molecule has 0 aliphatic heterocycles. The van der Waals surface area contributed by atoms with Gasteiger partial charge in [0.2, 0.25) is 0 Å². The van der Waals surface area contributed by atoms with Gasteiger partial charge in [0.15, 0.2) is 5.96 Å². The Balaban J connectivity index is 2.43. The van der Waals surface area contributed by atoms with Crippen LogP contribution in [0.15, 0.2) is 23.2 Å². The number of nitrogens with one attached hydrogen (secondary N) is 1. The first-order chi connectivity index (χ1) is 12.1. The van der Waals surface area contributed by atoms with Crippen LogP contribution in [-0.4, -0.2) is 57.9 Å². The summed E-state index contributed by atoms with van der Waals surface area (Å²) in [5.41, 5.74) is 1.09. The largest absolute Gasteiger partial charge is 0.382 e. The lowest BCUT2D eigenvalue weighted by molar-refractivity contribution is 0.0690. The zero-order valence-corrected chi connectivity index (χ0v) is 16.9. The maximum atomic E-state index is 6.09. The number of benzene rings is 1. The highest BCUT2D eigenvalue weighted by molar-refractivity contribution is 6.42. The molecule has 0 spiro atoms. The Morgan fingerprint density at radius 2 is 1.96 bits per heavy atom. The van der Waals surface area contributed by atoms with Gasteiger partial charge >= 0.3 is 0 Å². The molecule has 7 heteroatoms. The molecule has 1 aromatic carbocycles. The Labute approximate surface area is 161 Å². The van der Waals surface area contributed by atoms with Crippen molar-refractivity contribution in [3.63, 3.8) is 0 Å². The SMILES string of the molecule is CCNC(=NCCCCOCCOC)N(C)Cc1ccc(Cl)c(Cl)c1. The van der Waals surface area contributed by atoms with Crippen molar-refractivity contribution < 1.29 is 9.47 Å². The predicted octanol–water partition coefficient (Wildman–Crippen LogP) is 3.83. The van der Waals surface area contributed by atoms with Gasteiger partial charge in [-0.3, -0.25) is 4.99 Å². The molecule has 0 aromatic heterocycles. The van der Waals surface area contributed by atoms with Gasteiger partial charge in [0.25, 0.3) is 0 Å². The van der Waals surface area contributed by atoms with E-state index in [1.807, 2.05) is 25.2 Å². The zero-order valence-electron chi connectivity index (χ0n) is 15.4. The molecule has 5 nitrogen and oxygen atoms in total. The minimum absolute atomic E-state index is 0.571. The Morgan fingerprint density at radius 1 is 1.16 bits per heavy atom. The van der Waals surface area contributed by atoms with Crippen molar-refractivity contribution in [2.45, 2.75) is 26.3 Å². The summed E-state index contributed by atoms with van der Waals surface area (Å²) in [6, 6.07) is 5.69. The average molecular weight is 390 g/mol. The van der Waals surface area contributed by atoms with Crippen molar-refractivity contribution in [2.75, 3.05) is 47.1 Å². The summed E-state index contributed by atoms with van der Waals surface area (Å²) in [5, 5.41) is 4.46. The number of ether oxygens (including phenoxy) is 2. The van der Waals surface area contributed by atoms with Crippen LogP contribution in [0.3, 0.4) is 0 Å². The molecule has 0 saturated heterocycles. The maximum absolute atomic E-state index is 6.09. The standard InChI is InChI=1S/C18H29Cl2N3O2/c1-4-21-18(22-9-5-6-10-25-12-11-24-3)23(2)14-15-7-8-16(19)17(20)13-15/h7-8,13H,4-6,9-12,14H2,1-3H3,(H,21,22). The molecule has 25 heavy (non-hydrogen) atoms. The Bertz CT molecular complexity index is 527. The molecule has 0 heterocycles. The van der Waals surface area contributed by atoms with Gasteiger partial charge in [-0.2, -0.15) is 0 Å². The number of methoxy groups -OCH3 is 1. The van der Waals surface area contributed by atoms with Crippen LogP contribution in [0, 0.1) is 0 Å². The van der Waals surface area contributed by atoms with Crippen LogP contribution in [0.4, 0.5) is 0 Å². The number of unbranched alkanes of at least 4 members (excludes halogenated alkanes) is 1. The van der Waals surface area contributed by atoms with Crippen molar-refractivity contribution in [2.24, 2.45) is 4.99 Å². The number of hydrogen-bond acceptors (Lipinski definition) is 3. The summed E-state index contributed by atoms with van der Waals surface area (Å²) >= 11 is 12.1. The van der Waals surface area contributed by atoms with E-state index in [1.165, 1.54) is 0 Å². The molecule has 1 N–H and O–H groups in total. The molecule has 142 valence electrons. The van der Waals surface area contributed by atoms with Gasteiger partial charge in [-0.15, -0.1) is 0 Å². The maximum Gasteiger partial charge on any atom is 0.193 e. The molecule has 0 atom stereocenters. The lowest BCUT2D eigenvalue weighted by Gasteiger charge is -2.22. The Hall–Kier alpha value is -1.01. The van der Waals surface area contributed by atoms with Crippen LogP contribution in [0.2, 0.25) is 10.0 Å². The van der Waals surface area contributed by atoms with E-state index in [0.717, 1.165) is 44.1 Å². The molecule has 0 unspecified atom stereocenters. The third kappa shape index (κ3) is 9.31. The highest BCUT2D eigenvalue weighted by Crippen LogP contribution is 2.23. The van der Waals surface area contributed by atoms with E-state index in [-0.39, 0.29) is 0 Å². The topological polar surface area (TPSA) is 46.1 Å². The lowest BCUT2D eigenvalue weighted by Crippen LogP contribution is -2.38. The molecule has 0 fully saturated rings. The molecule has 0 bridgehead atoms. The fourth-order valence-corrected chi connectivity index (χ4v) is 2.52. The molecule has 0 aliphatic rings. The number of guanidine groups is 1. The smallest absolute Gasteiger partial charge is 0.193 e. The van der Waals surface area contributed by atoms with E-state index in [1.54, 1.807) is 7.11 Å². The number of rotatable bonds is 11. The Kier molecular flexibility index (Phi) is 11.7. The number of nitrogens with zero attached hydrogens (tertiary/aromatic N) is 2. The first-order valence-corrected chi connectivity index (χ1v) is 9.34. The van der Waals surface area contributed by atoms with Gasteiger partial charge in [0.1, 0.15) is 0 Å². The summed E-state index contributed by atoms with van der Waals surface area (Å²) in [6.07, 6.45) is 1.98. The minimum Gasteiger partial charge on any atom is -0.382 e. The summed E-state index contributed by atoms with van der Waals surface area (Å²) in [6.45, 7) is 6.40. The van der Waals surface area contributed by atoms with Gasteiger partial charge < -0.3 is 19.7 Å². The van der Waals surface area contributed by atoms with Crippen LogP contribution < -0.4 is 5.32 Å². The van der Waals surface area contributed by atoms with Crippen LogP contribution in [-0.2, 0) is 16.0 Å². The molecule has 0 aliphatic carbocycles. The average Bonchev–Trinajstić information content (AvgIpc) is 2.59. The summed E-state index contributed by atoms with van der Waals surface area (Å²) in [7, 11) is 3.69. The zero-order chi connectivity index (χ0) is 18.5. The first-order valence-electron chi connectivity index (χ1n) is 8.58. The number of hydrogen-bond donors (Lipinski definition) is 1. The summed E-state index contributed by atoms with van der Waals surface area (Å²) in [4.78, 5) is 6.76. The molecule has 1 rings (SSSR count). The van der Waals surface area contributed by atoms with Crippen LogP contribution in [0.1, 0.15) is 25.3 Å². The van der Waals surface area contributed by atoms with Crippen molar-refractivity contribution in [3.8, 4) is 0 Å². The van der Waals surface area contributed by atoms with Gasteiger partial charge in [-0.25, -0.2) is 0 Å². The first kappa shape index (κ1) is 22.0. The van der Waals surface area contributed by atoms with E-state index in [0.29, 0.717) is 29.8 Å². The van der Waals surface area contributed by atoms with Crippen molar-refractivity contribution in [1.82, 2.24) is 10.2 Å². The van der Waals surface area contributed by atoms with Crippen LogP contribution in [0.25, 0.3) is 0 Å². The van der Waals surface area contributed by atoms with Gasteiger partial charge in [-0.05, 0) is 37.5 Å². The van der Waals surface area contributed by atoms with E-state index in [4.69, 9.17) is 32.7 Å². The van der Waals surface area contributed by atoms with Crippen molar-refractivity contribution in [1.29, 1.82) is 0 Å². The quantitative estimate of drug-likeness (QED) is 0.354. The molecule has 0 amide bonds.